The van der Waals surface area contributed by atoms with Crippen molar-refractivity contribution in [3.8, 4) is 11.3 Å². The lowest BCUT2D eigenvalue weighted by Crippen LogP contribution is -2.45. The Kier molecular flexibility index (Phi) is 6.98. The summed E-state index contributed by atoms with van der Waals surface area (Å²) >= 11 is 0. The van der Waals surface area contributed by atoms with Gasteiger partial charge in [0, 0.05) is 58.6 Å². The van der Waals surface area contributed by atoms with Crippen molar-refractivity contribution in [2.75, 3.05) is 57.1 Å². The quantitative estimate of drug-likeness (QED) is 0.407. The largest absolute Gasteiger partial charge is 0.317 e. The monoisotopic (exact) mass is 507 g/mol. The Hall–Kier alpha value is -3.70. The van der Waals surface area contributed by atoms with Gasteiger partial charge in [-0.15, -0.1) is 0 Å². The normalized spacial score (nSPS) is 14.9. The lowest BCUT2D eigenvalue weighted by Gasteiger charge is -2.33. The lowest BCUT2D eigenvalue weighted by atomic mass is 10.1. The summed E-state index contributed by atoms with van der Waals surface area (Å²) in [4.78, 5) is 22.1. The molecule has 0 bridgehead atoms. The highest BCUT2D eigenvalue weighted by Crippen LogP contribution is 2.29. The summed E-state index contributed by atoms with van der Waals surface area (Å²) in [5.74, 6) is 0.144. The molecule has 0 atom stereocenters. The van der Waals surface area contributed by atoms with E-state index in [2.05, 4.69) is 42.0 Å². The number of hydrogen-bond donors (Lipinski definition) is 1. The summed E-state index contributed by atoms with van der Waals surface area (Å²) in [6.45, 7) is 10.2. The second-order valence-corrected chi connectivity index (χ2v) is 9.42. The molecule has 0 spiro atoms. The number of fused-ring (bicyclic) bond motifs is 1. The zero-order chi connectivity index (χ0) is 26.1. The van der Waals surface area contributed by atoms with Gasteiger partial charge in [-0.05, 0) is 37.2 Å². The molecule has 4 aromatic rings. The van der Waals surface area contributed by atoms with E-state index in [1.54, 1.807) is 22.7 Å². The van der Waals surface area contributed by atoms with Crippen molar-refractivity contribution in [3.05, 3.63) is 59.7 Å². The number of anilines is 2. The van der Waals surface area contributed by atoms with E-state index in [-0.39, 0.29) is 17.2 Å². The molecule has 3 aromatic heterocycles. The van der Waals surface area contributed by atoms with Gasteiger partial charge in [0.05, 0.1) is 11.7 Å². The van der Waals surface area contributed by atoms with Crippen molar-refractivity contribution in [2.45, 2.75) is 20.4 Å². The van der Waals surface area contributed by atoms with Crippen LogP contribution in [0, 0.1) is 18.6 Å². The molecular weight excluding hydrogens is 476 g/mol. The topological polar surface area (TPSA) is 78.2 Å². The van der Waals surface area contributed by atoms with Gasteiger partial charge in [0.2, 0.25) is 5.95 Å². The first-order chi connectivity index (χ1) is 17.8. The number of benzene rings is 1. The maximum atomic E-state index is 14.9. The van der Waals surface area contributed by atoms with Crippen molar-refractivity contribution in [2.24, 2.45) is 0 Å². The molecule has 5 rings (SSSR count). The van der Waals surface area contributed by atoms with Gasteiger partial charge in [0.1, 0.15) is 22.9 Å². The number of nitrogens with zero attached hydrogens (tertiary/aromatic N) is 8. The number of nitrogens with one attached hydrogen (secondary N) is 1. The molecule has 37 heavy (non-hydrogen) atoms. The van der Waals surface area contributed by atoms with E-state index in [1.165, 1.54) is 6.07 Å². The van der Waals surface area contributed by atoms with Crippen LogP contribution in [0.15, 0.2) is 36.7 Å². The van der Waals surface area contributed by atoms with Crippen LogP contribution in [0.3, 0.4) is 0 Å². The minimum Gasteiger partial charge on any atom is -0.317 e. The van der Waals surface area contributed by atoms with E-state index in [0.717, 1.165) is 51.0 Å². The smallest absolute Gasteiger partial charge is 0.229 e. The van der Waals surface area contributed by atoms with Gasteiger partial charge in [-0.1, -0.05) is 13.0 Å². The summed E-state index contributed by atoms with van der Waals surface area (Å²) in [5, 5.41) is 4.82. The second kappa shape index (κ2) is 10.3. The predicted molar refractivity (Wildman–Crippen MR) is 140 cm³/mol. The van der Waals surface area contributed by atoms with Crippen LogP contribution in [-0.2, 0) is 6.54 Å². The van der Waals surface area contributed by atoms with Gasteiger partial charge in [-0.3, -0.25) is 4.90 Å². The number of aryl methyl sites for hydroxylation is 1. The first kappa shape index (κ1) is 25.0. The van der Waals surface area contributed by atoms with E-state index in [1.807, 2.05) is 32.4 Å². The van der Waals surface area contributed by atoms with Crippen LogP contribution in [0.25, 0.3) is 22.3 Å². The molecule has 0 unspecified atom stereocenters. The molecule has 1 fully saturated rings. The first-order valence-corrected chi connectivity index (χ1v) is 12.4. The summed E-state index contributed by atoms with van der Waals surface area (Å²) in [6, 6.07) is 6.80. The minimum absolute atomic E-state index is 0.00898. The zero-order valence-electron chi connectivity index (χ0n) is 21.5. The highest BCUT2D eigenvalue weighted by molar-refractivity contribution is 5.83. The number of imidazole rings is 1. The molecule has 0 saturated carbocycles. The van der Waals surface area contributed by atoms with E-state index >= 15 is 0 Å². The Morgan fingerprint density at radius 2 is 1.70 bits per heavy atom. The number of likely N-dealkylation sites (N-methyl/N-ethyl adjacent to an activating group) is 1. The van der Waals surface area contributed by atoms with Crippen LogP contribution >= 0.6 is 0 Å². The molecule has 11 heteroatoms. The van der Waals surface area contributed by atoms with Crippen molar-refractivity contribution in [3.63, 3.8) is 0 Å². The molecule has 1 N–H and O–H groups in total. The van der Waals surface area contributed by atoms with E-state index < -0.39 is 11.6 Å². The highest BCUT2D eigenvalue weighted by atomic mass is 19.1. The Bertz CT molecular complexity index is 1390. The van der Waals surface area contributed by atoms with E-state index in [9.17, 15) is 8.78 Å². The zero-order valence-corrected chi connectivity index (χ0v) is 21.5. The van der Waals surface area contributed by atoms with Crippen LogP contribution in [0.1, 0.15) is 18.3 Å². The molecule has 1 aliphatic heterocycles. The van der Waals surface area contributed by atoms with Crippen LogP contribution in [0.2, 0.25) is 0 Å². The maximum absolute atomic E-state index is 14.9. The summed E-state index contributed by atoms with van der Waals surface area (Å²) in [6.07, 6.45) is 2.90. The third kappa shape index (κ3) is 5.23. The average molecular weight is 508 g/mol. The standard InChI is InChI=1S/C26H31F2N9/c1-5-35-8-10-36(11-9-35)16-18-6-7-23(29-14-18)32-26-30-15-21(28)24(33-26)19-12-20(27)25-22(13-19)37(34(3)4)17(2)31-25/h6-7,12-15H,5,8-11,16H2,1-4H3,(H,29,30,32,33). The summed E-state index contributed by atoms with van der Waals surface area (Å²) in [5.41, 5.74) is 2.15. The Labute approximate surface area is 214 Å². The van der Waals surface area contributed by atoms with E-state index in [0.29, 0.717) is 22.7 Å². The van der Waals surface area contributed by atoms with Crippen molar-refractivity contribution in [1.82, 2.24) is 34.4 Å². The third-order valence-corrected chi connectivity index (χ3v) is 6.65. The summed E-state index contributed by atoms with van der Waals surface area (Å²) in [7, 11) is 3.66. The van der Waals surface area contributed by atoms with Crippen molar-refractivity contribution < 1.29 is 8.78 Å². The van der Waals surface area contributed by atoms with Crippen LogP contribution in [0.4, 0.5) is 20.5 Å². The molecule has 194 valence electrons. The summed E-state index contributed by atoms with van der Waals surface area (Å²) < 4.78 is 31.5. The van der Waals surface area contributed by atoms with Crippen LogP contribution in [0.5, 0.6) is 0 Å². The maximum Gasteiger partial charge on any atom is 0.229 e. The fourth-order valence-electron chi connectivity index (χ4n) is 4.74. The predicted octanol–water partition coefficient (Wildman–Crippen LogP) is 3.55. The lowest BCUT2D eigenvalue weighted by molar-refractivity contribution is 0.132. The van der Waals surface area contributed by atoms with Gasteiger partial charge >= 0.3 is 0 Å². The van der Waals surface area contributed by atoms with Gasteiger partial charge in [-0.2, -0.15) is 0 Å². The van der Waals surface area contributed by atoms with Gasteiger partial charge in [0.25, 0.3) is 0 Å². The molecule has 1 aliphatic rings. The number of rotatable bonds is 7. The average Bonchev–Trinajstić information content (AvgIpc) is 3.23. The van der Waals surface area contributed by atoms with Crippen molar-refractivity contribution >= 4 is 22.8 Å². The van der Waals surface area contributed by atoms with Crippen LogP contribution < -0.4 is 10.3 Å². The molecule has 4 heterocycles. The third-order valence-electron chi connectivity index (χ3n) is 6.65. The SMILES string of the molecule is CCN1CCN(Cc2ccc(Nc3ncc(F)c(-c4cc(F)c5nc(C)n(N(C)C)c5c4)n3)nc2)CC1. The number of pyridine rings is 1. The number of aromatic nitrogens is 5. The Morgan fingerprint density at radius 1 is 0.946 bits per heavy atom. The molecule has 0 aliphatic carbocycles. The first-order valence-electron chi connectivity index (χ1n) is 12.4. The number of halogens is 2. The minimum atomic E-state index is -0.650. The van der Waals surface area contributed by atoms with Gasteiger partial charge < -0.3 is 15.2 Å². The fraction of sp³-hybridized carbons (Fsp3) is 0.385. The molecule has 0 amide bonds. The van der Waals surface area contributed by atoms with Crippen LogP contribution in [-0.4, -0.2) is 81.2 Å². The molecule has 0 radical (unpaired) electrons. The number of piperazine rings is 1. The Balaban J connectivity index is 1.35. The molecule has 9 nitrogen and oxygen atoms in total. The van der Waals surface area contributed by atoms with Crippen molar-refractivity contribution in [1.29, 1.82) is 0 Å². The molecular formula is C26H31F2N9. The highest BCUT2D eigenvalue weighted by Gasteiger charge is 2.19. The second-order valence-electron chi connectivity index (χ2n) is 9.42. The van der Waals surface area contributed by atoms with Gasteiger partial charge in [-0.25, -0.2) is 33.4 Å². The fourth-order valence-corrected chi connectivity index (χ4v) is 4.74. The molecule has 1 aromatic carbocycles. The molecule has 1 saturated heterocycles. The van der Waals surface area contributed by atoms with E-state index in [4.69, 9.17) is 0 Å². The number of hydrogen-bond acceptors (Lipinski definition) is 8. The van der Waals surface area contributed by atoms with Gasteiger partial charge in [0.15, 0.2) is 11.6 Å². The Morgan fingerprint density at radius 3 is 2.38 bits per heavy atom.